The van der Waals surface area contributed by atoms with E-state index in [0.717, 1.165) is 29.9 Å². The zero-order chi connectivity index (χ0) is 14.9. The molecule has 0 aromatic heterocycles. The average Bonchev–Trinajstić information content (AvgIpc) is 2.52. The van der Waals surface area contributed by atoms with Crippen molar-refractivity contribution in [3.05, 3.63) is 65.7 Å². The van der Waals surface area contributed by atoms with Gasteiger partial charge in [0.15, 0.2) is 0 Å². The molecule has 2 aromatic carbocycles. The van der Waals surface area contributed by atoms with Crippen LogP contribution in [0.4, 0.5) is 10.5 Å². The van der Waals surface area contributed by atoms with Crippen LogP contribution in [0.25, 0.3) is 0 Å². The lowest BCUT2D eigenvalue weighted by molar-refractivity contribution is 0.251. The van der Waals surface area contributed by atoms with E-state index < -0.39 is 0 Å². The maximum absolute atomic E-state index is 11.9. The number of carbonyl (C=O) groups excluding carboxylic acids is 1. The monoisotopic (exact) mass is 283 g/mol. The van der Waals surface area contributed by atoms with Crippen molar-refractivity contribution in [2.75, 3.05) is 11.9 Å². The second-order valence-corrected chi connectivity index (χ2v) is 4.77. The molecule has 2 rings (SSSR count). The normalized spacial score (nSPS) is 10.1. The van der Waals surface area contributed by atoms with Gasteiger partial charge in [-0.3, -0.25) is 0 Å². The molecular weight excluding hydrogens is 262 g/mol. The molecule has 0 saturated heterocycles. The lowest BCUT2D eigenvalue weighted by Crippen LogP contribution is -2.28. The molecule has 0 radical (unpaired) electrons. The van der Waals surface area contributed by atoms with E-state index in [1.807, 2.05) is 54.6 Å². The molecule has 4 nitrogen and oxygen atoms in total. The summed E-state index contributed by atoms with van der Waals surface area (Å²) in [7, 11) is 0. The van der Waals surface area contributed by atoms with Crippen molar-refractivity contribution in [2.24, 2.45) is 0 Å². The van der Waals surface area contributed by atoms with Crippen LogP contribution in [0.15, 0.2) is 54.6 Å². The summed E-state index contributed by atoms with van der Waals surface area (Å²) >= 11 is 0. The Labute approximate surface area is 125 Å². The summed E-state index contributed by atoms with van der Waals surface area (Å²) in [4.78, 5) is 11.9. The fourth-order valence-corrected chi connectivity index (χ4v) is 1.98. The Morgan fingerprint density at radius 3 is 2.48 bits per heavy atom. The minimum Gasteiger partial charge on any atom is -0.334 e. The standard InChI is InChI=1S/C17H21N3O/c1-2-18-12-15-9-6-10-16(11-15)20-17(21)19-13-14-7-4-3-5-8-14/h3-11,18H,2,12-13H2,1H3,(H2,19,20,21). The molecule has 2 aromatic rings. The third-order valence-corrected chi connectivity index (χ3v) is 3.06. The van der Waals surface area contributed by atoms with E-state index in [4.69, 9.17) is 0 Å². The minimum absolute atomic E-state index is 0.195. The number of anilines is 1. The molecule has 21 heavy (non-hydrogen) atoms. The van der Waals surface area contributed by atoms with Gasteiger partial charge in [-0.2, -0.15) is 0 Å². The van der Waals surface area contributed by atoms with Gasteiger partial charge in [0.1, 0.15) is 0 Å². The molecular formula is C17H21N3O. The Morgan fingerprint density at radius 2 is 1.71 bits per heavy atom. The fraction of sp³-hybridized carbons (Fsp3) is 0.235. The summed E-state index contributed by atoms with van der Waals surface area (Å²) in [5.74, 6) is 0. The van der Waals surface area contributed by atoms with Crippen LogP contribution < -0.4 is 16.0 Å². The van der Waals surface area contributed by atoms with Crippen molar-refractivity contribution in [1.29, 1.82) is 0 Å². The second-order valence-electron chi connectivity index (χ2n) is 4.77. The van der Waals surface area contributed by atoms with Gasteiger partial charge in [0.05, 0.1) is 0 Å². The molecule has 0 fully saturated rings. The second kappa shape index (κ2) is 8.07. The number of hydrogen-bond acceptors (Lipinski definition) is 2. The molecule has 110 valence electrons. The van der Waals surface area contributed by atoms with Gasteiger partial charge in [-0.05, 0) is 29.8 Å². The van der Waals surface area contributed by atoms with E-state index in [2.05, 4.69) is 22.9 Å². The van der Waals surface area contributed by atoms with Gasteiger partial charge in [-0.1, -0.05) is 49.4 Å². The first-order valence-corrected chi connectivity index (χ1v) is 7.16. The summed E-state index contributed by atoms with van der Waals surface area (Å²) in [6.45, 7) is 4.32. The van der Waals surface area contributed by atoms with Gasteiger partial charge in [0.2, 0.25) is 0 Å². The molecule has 0 bridgehead atoms. The number of benzene rings is 2. The van der Waals surface area contributed by atoms with Crippen molar-refractivity contribution in [3.8, 4) is 0 Å². The van der Waals surface area contributed by atoms with Gasteiger partial charge >= 0.3 is 6.03 Å². The number of carbonyl (C=O) groups is 1. The van der Waals surface area contributed by atoms with Crippen molar-refractivity contribution < 1.29 is 4.79 Å². The number of urea groups is 1. The number of hydrogen-bond donors (Lipinski definition) is 3. The summed E-state index contributed by atoms with van der Waals surface area (Å²) in [6, 6.07) is 17.5. The Hall–Kier alpha value is -2.33. The highest BCUT2D eigenvalue weighted by Gasteiger charge is 2.02. The predicted molar refractivity (Wildman–Crippen MR) is 86.1 cm³/mol. The highest BCUT2D eigenvalue weighted by molar-refractivity contribution is 5.89. The number of nitrogens with one attached hydrogen (secondary N) is 3. The predicted octanol–water partition coefficient (Wildman–Crippen LogP) is 3.12. The molecule has 3 N–H and O–H groups in total. The number of rotatable bonds is 6. The molecule has 2 amide bonds. The smallest absolute Gasteiger partial charge is 0.319 e. The fourth-order valence-electron chi connectivity index (χ4n) is 1.98. The van der Waals surface area contributed by atoms with Crippen LogP contribution >= 0.6 is 0 Å². The Bertz CT molecular complexity index is 569. The highest BCUT2D eigenvalue weighted by Crippen LogP contribution is 2.10. The molecule has 0 aliphatic carbocycles. The number of amides is 2. The van der Waals surface area contributed by atoms with Crippen LogP contribution in [0.3, 0.4) is 0 Å². The molecule has 0 saturated carbocycles. The Balaban J connectivity index is 1.84. The lowest BCUT2D eigenvalue weighted by Gasteiger charge is -2.09. The van der Waals surface area contributed by atoms with E-state index in [1.54, 1.807) is 0 Å². The van der Waals surface area contributed by atoms with Crippen LogP contribution in [0, 0.1) is 0 Å². The van der Waals surface area contributed by atoms with Crippen LogP contribution in [-0.4, -0.2) is 12.6 Å². The van der Waals surface area contributed by atoms with Crippen LogP contribution in [0.5, 0.6) is 0 Å². The summed E-state index contributed by atoms with van der Waals surface area (Å²) in [6.07, 6.45) is 0. The lowest BCUT2D eigenvalue weighted by atomic mass is 10.2. The van der Waals surface area contributed by atoms with Gasteiger partial charge in [0.25, 0.3) is 0 Å². The summed E-state index contributed by atoms with van der Waals surface area (Å²) in [5, 5.41) is 8.96. The van der Waals surface area contributed by atoms with Gasteiger partial charge in [-0.25, -0.2) is 4.79 Å². The van der Waals surface area contributed by atoms with E-state index in [-0.39, 0.29) is 6.03 Å². The quantitative estimate of drug-likeness (QED) is 0.763. The maximum Gasteiger partial charge on any atom is 0.319 e. The first kappa shape index (κ1) is 15.1. The molecule has 0 atom stereocenters. The van der Waals surface area contributed by atoms with E-state index in [1.165, 1.54) is 0 Å². The SMILES string of the molecule is CCNCc1cccc(NC(=O)NCc2ccccc2)c1. The van der Waals surface area contributed by atoms with E-state index in [0.29, 0.717) is 6.54 Å². The highest BCUT2D eigenvalue weighted by atomic mass is 16.2. The third-order valence-electron chi connectivity index (χ3n) is 3.06. The summed E-state index contributed by atoms with van der Waals surface area (Å²) in [5.41, 5.74) is 3.03. The van der Waals surface area contributed by atoms with Crippen LogP contribution in [0.2, 0.25) is 0 Å². The van der Waals surface area contributed by atoms with E-state index >= 15 is 0 Å². The Kier molecular flexibility index (Phi) is 5.79. The molecule has 0 aliphatic heterocycles. The molecule has 0 aliphatic rings. The van der Waals surface area contributed by atoms with Crippen molar-refractivity contribution in [1.82, 2.24) is 10.6 Å². The van der Waals surface area contributed by atoms with Gasteiger partial charge in [-0.15, -0.1) is 0 Å². The van der Waals surface area contributed by atoms with Gasteiger partial charge in [0, 0.05) is 18.8 Å². The van der Waals surface area contributed by atoms with Crippen molar-refractivity contribution in [3.63, 3.8) is 0 Å². The maximum atomic E-state index is 11.9. The van der Waals surface area contributed by atoms with Crippen LogP contribution in [-0.2, 0) is 13.1 Å². The zero-order valence-electron chi connectivity index (χ0n) is 12.2. The van der Waals surface area contributed by atoms with Crippen molar-refractivity contribution >= 4 is 11.7 Å². The first-order valence-electron chi connectivity index (χ1n) is 7.16. The molecule has 4 heteroatoms. The third kappa shape index (κ3) is 5.28. The molecule has 0 unspecified atom stereocenters. The molecule has 0 spiro atoms. The van der Waals surface area contributed by atoms with Crippen molar-refractivity contribution in [2.45, 2.75) is 20.0 Å². The Morgan fingerprint density at radius 1 is 0.952 bits per heavy atom. The van der Waals surface area contributed by atoms with Gasteiger partial charge < -0.3 is 16.0 Å². The van der Waals surface area contributed by atoms with Crippen LogP contribution in [0.1, 0.15) is 18.1 Å². The average molecular weight is 283 g/mol. The largest absolute Gasteiger partial charge is 0.334 e. The first-order chi connectivity index (χ1) is 10.3. The zero-order valence-corrected chi connectivity index (χ0v) is 12.2. The molecule has 0 heterocycles. The van der Waals surface area contributed by atoms with E-state index in [9.17, 15) is 4.79 Å². The summed E-state index contributed by atoms with van der Waals surface area (Å²) < 4.78 is 0. The topological polar surface area (TPSA) is 53.2 Å². The minimum atomic E-state index is -0.195.